The fraction of sp³-hybridized carbons (Fsp3) is 0.250. The summed E-state index contributed by atoms with van der Waals surface area (Å²) in [5.41, 5.74) is 4.08. The van der Waals surface area contributed by atoms with Crippen molar-refractivity contribution in [3.63, 3.8) is 0 Å². The number of rotatable bonds is 4. The van der Waals surface area contributed by atoms with Crippen LogP contribution in [0.3, 0.4) is 0 Å². The summed E-state index contributed by atoms with van der Waals surface area (Å²) in [4.78, 5) is 12.4. The van der Waals surface area contributed by atoms with Crippen LogP contribution in [-0.2, 0) is 12.2 Å². The molecule has 0 fully saturated rings. The zero-order valence-corrected chi connectivity index (χ0v) is 17.3. The average molecular weight is 344 g/mol. The first-order valence-electron chi connectivity index (χ1n) is 6.60. The number of benzene rings is 2. The molecule has 2 rings (SSSR count). The topological polar surface area (TPSA) is 41.5 Å². The first-order valence-corrected chi connectivity index (χ1v) is 9.16. The molecule has 0 aliphatic heterocycles. The molecule has 0 radical (unpaired) electrons. The van der Waals surface area contributed by atoms with E-state index in [0.717, 1.165) is 22.3 Å². The summed E-state index contributed by atoms with van der Waals surface area (Å²) in [5, 5.41) is 0. The van der Waals surface area contributed by atoms with Gasteiger partial charge in [-0.25, -0.2) is 0 Å². The predicted molar refractivity (Wildman–Crippen MR) is 87.4 cm³/mol. The van der Waals surface area contributed by atoms with Crippen molar-refractivity contribution in [1.29, 1.82) is 0 Å². The molecular weight excluding hydrogens is 326 g/mol. The fourth-order valence-corrected chi connectivity index (χ4v) is 3.53. The molecule has 0 spiro atoms. The van der Waals surface area contributed by atoms with Gasteiger partial charge in [0.1, 0.15) is 0 Å². The van der Waals surface area contributed by atoms with Crippen LogP contribution in [0.1, 0.15) is 22.3 Å². The van der Waals surface area contributed by atoms with Crippen LogP contribution in [0.25, 0.3) is 0 Å². The van der Waals surface area contributed by atoms with Crippen molar-refractivity contribution in [3.8, 4) is 11.5 Å². The van der Waals surface area contributed by atoms with E-state index in [2.05, 4.69) is 0 Å². The third kappa shape index (κ3) is 6.11. The molecule has 0 aliphatic rings. The second kappa shape index (κ2) is 8.05. The van der Waals surface area contributed by atoms with Crippen molar-refractivity contribution in [2.24, 2.45) is 0 Å². The van der Waals surface area contributed by atoms with Gasteiger partial charge in [-0.1, -0.05) is 12.1 Å². The maximum Gasteiger partial charge on any atom is 1.00 e. The number of aryl methyl sites for hydroxylation is 4. The van der Waals surface area contributed by atoms with E-state index >= 15 is 0 Å². The first kappa shape index (κ1) is 19.8. The minimum absolute atomic E-state index is 0. The van der Waals surface area contributed by atoms with E-state index in [1.807, 2.05) is 39.8 Å². The molecule has 0 atom stereocenters. The summed E-state index contributed by atoms with van der Waals surface area (Å²) in [7, 11) is -3.63. The second-order valence-corrected chi connectivity index (χ2v) is 7.88. The number of hydrogen-bond donors (Lipinski definition) is 0. The average Bonchev–Trinajstić information content (AvgIpc) is 2.23. The van der Waals surface area contributed by atoms with Crippen LogP contribution in [0.5, 0.6) is 11.5 Å². The Labute approximate surface area is 160 Å². The zero-order chi connectivity index (χ0) is 15.6. The van der Waals surface area contributed by atoms with Crippen molar-refractivity contribution in [2.45, 2.75) is 27.7 Å². The molecule has 0 bridgehead atoms. The molecule has 6 heteroatoms. The van der Waals surface area contributed by atoms with Gasteiger partial charge >= 0.3 is 29.6 Å². The van der Waals surface area contributed by atoms with Crippen LogP contribution in [0.15, 0.2) is 36.4 Å². The van der Waals surface area contributed by atoms with E-state index in [4.69, 9.17) is 21.3 Å². The summed E-state index contributed by atoms with van der Waals surface area (Å²) < 4.78 is 10.8. The van der Waals surface area contributed by atoms with Gasteiger partial charge in [0.2, 0.25) is 7.15 Å². The first-order chi connectivity index (χ1) is 9.73. The van der Waals surface area contributed by atoms with E-state index in [0.29, 0.717) is 11.5 Å². The predicted octanol–water partition coefficient (Wildman–Crippen LogP) is 0.967. The molecule has 3 nitrogen and oxygen atoms in total. The van der Waals surface area contributed by atoms with Crippen molar-refractivity contribution in [3.05, 3.63) is 58.7 Å². The van der Waals surface area contributed by atoms with Crippen LogP contribution < -0.4 is 43.5 Å². The molecule has 0 amide bonds. The maximum atomic E-state index is 12.4. The SMILES string of the molecule is Cc1cc(C)cc(O[P+]([O-])([S-])Oc2cc(C)cc(C)c2)c1.[Na+]. The Morgan fingerprint density at radius 2 is 1.00 bits per heavy atom. The molecule has 0 saturated heterocycles. The van der Waals surface area contributed by atoms with Gasteiger partial charge < -0.3 is 26.2 Å². The monoisotopic (exact) mass is 344 g/mol. The smallest absolute Gasteiger partial charge is 0.634 e. The molecule has 0 unspecified atom stereocenters. The van der Waals surface area contributed by atoms with Gasteiger partial charge in [-0.15, -0.1) is 0 Å². The Morgan fingerprint density at radius 1 is 0.727 bits per heavy atom. The Bertz CT molecular complexity index is 566. The summed E-state index contributed by atoms with van der Waals surface area (Å²) in [5.74, 6) is 0.936. The summed E-state index contributed by atoms with van der Waals surface area (Å²) in [6.45, 7) is 7.77. The van der Waals surface area contributed by atoms with Gasteiger partial charge in [0.25, 0.3) is 0 Å². The normalized spacial score (nSPS) is 10.8. The third-order valence-electron chi connectivity index (χ3n) is 2.82. The fourth-order valence-electron chi connectivity index (χ4n) is 2.25. The zero-order valence-electron chi connectivity index (χ0n) is 13.5. The van der Waals surface area contributed by atoms with E-state index in [1.54, 1.807) is 24.3 Å². The Morgan fingerprint density at radius 3 is 1.27 bits per heavy atom. The Balaban J connectivity index is 0.00000242. The maximum absolute atomic E-state index is 12.4. The third-order valence-corrected chi connectivity index (χ3v) is 4.14. The molecule has 0 saturated carbocycles. The van der Waals surface area contributed by atoms with Crippen LogP contribution in [0.2, 0.25) is 0 Å². The minimum atomic E-state index is -3.63. The van der Waals surface area contributed by atoms with E-state index in [1.165, 1.54) is 0 Å². The molecule has 2 aromatic carbocycles. The molecule has 0 heterocycles. The van der Waals surface area contributed by atoms with Gasteiger partial charge in [0.05, 0.1) is 0 Å². The van der Waals surface area contributed by atoms with Crippen LogP contribution >= 0.6 is 7.15 Å². The van der Waals surface area contributed by atoms with Crippen molar-refractivity contribution in [2.75, 3.05) is 0 Å². The summed E-state index contributed by atoms with van der Waals surface area (Å²) >= 11 is 4.99. The molecule has 0 aromatic heterocycles. The van der Waals surface area contributed by atoms with Crippen molar-refractivity contribution < 1.29 is 43.5 Å². The number of hydrogen-bond acceptors (Lipinski definition) is 4. The molecule has 22 heavy (non-hydrogen) atoms. The molecule has 0 aliphatic carbocycles. The molecule has 2 aromatic rings. The molecule has 0 N–H and O–H groups in total. The van der Waals surface area contributed by atoms with Crippen LogP contribution in [0, 0.1) is 27.7 Å². The minimum Gasteiger partial charge on any atom is -0.634 e. The van der Waals surface area contributed by atoms with Crippen molar-refractivity contribution in [1.82, 2.24) is 0 Å². The van der Waals surface area contributed by atoms with Gasteiger partial charge in [-0.05, 0) is 74.2 Å². The Kier molecular flexibility index (Phi) is 7.25. The quantitative estimate of drug-likeness (QED) is 0.471. The largest absolute Gasteiger partial charge is 1.00 e. The van der Waals surface area contributed by atoms with E-state index in [9.17, 15) is 4.89 Å². The van der Waals surface area contributed by atoms with E-state index in [-0.39, 0.29) is 29.6 Å². The van der Waals surface area contributed by atoms with Gasteiger partial charge in [0, 0.05) is 0 Å². The van der Waals surface area contributed by atoms with Crippen LogP contribution in [-0.4, -0.2) is 0 Å². The molecule has 112 valence electrons. The van der Waals surface area contributed by atoms with Gasteiger partial charge in [0.15, 0.2) is 11.5 Å². The second-order valence-electron chi connectivity index (χ2n) is 5.28. The van der Waals surface area contributed by atoms with Crippen molar-refractivity contribution >= 4 is 19.4 Å². The summed E-state index contributed by atoms with van der Waals surface area (Å²) in [6, 6.07) is 11.2. The Hall–Kier alpha value is -0.220. The van der Waals surface area contributed by atoms with Gasteiger partial charge in [-0.2, -0.15) is 0 Å². The van der Waals surface area contributed by atoms with E-state index < -0.39 is 7.15 Å². The van der Waals surface area contributed by atoms with Crippen LogP contribution in [0.4, 0.5) is 0 Å². The molecular formula is C16H18NaO3PS. The standard InChI is InChI=1S/C16H19O3PS.Na/c1-11-5-12(2)8-15(7-11)18-20(17,21)19-16-9-13(3)6-14(4)10-16;/h5-10H,1-4H3,(H,17,21);/q;+1/p-1. The van der Waals surface area contributed by atoms with Gasteiger partial charge in [-0.3, -0.25) is 0 Å². The summed E-state index contributed by atoms with van der Waals surface area (Å²) in [6.07, 6.45) is 0.